The van der Waals surface area contributed by atoms with Crippen molar-refractivity contribution in [3.63, 3.8) is 0 Å². The van der Waals surface area contributed by atoms with Gasteiger partial charge in [0.15, 0.2) is 0 Å². The average molecular weight is 371 g/mol. The van der Waals surface area contributed by atoms with Crippen LogP contribution in [0.2, 0.25) is 5.02 Å². The third-order valence-electron chi connectivity index (χ3n) is 2.66. The standard InChI is InChI=1S/C13H9BrClN3O3/c14-7-1-4-11(16)9(5-7)13(19)17-8-2-3-10(15)12(6-8)18(20)21/h1-6H,16H2,(H,17,19). The van der Waals surface area contributed by atoms with Crippen molar-refractivity contribution in [3.05, 3.63) is 61.6 Å². The highest BCUT2D eigenvalue weighted by atomic mass is 79.9. The summed E-state index contributed by atoms with van der Waals surface area (Å²) >= 11 is 8.96. The van der Waals surface area contributed by atoms with E-state index in [2.05, 4.69) is 21.2 Å². The number of benzene rings is 2. The summed E-state index contributed by atoms with van der Waals surface area (Å²) in [6, 6.07) is 8.87. The van der Waals surface area contributed by atoms with E-state index < -0.39 is 10.8 Å². The minimum Gasteiger partial charge on any atom is -0.398 e. The molecule has 0 heterocycles. The summed E-state index contributed by atoms with van der Waals surface area (Å²) in [6.07, 6.45) is 0. The molecule has 2 aromatic rings. The third kappa shape index (κ3) is 3.50. The van der Waals surface area contributed by atoms with Crippen LogP contribution >= 0.6 is 27.5 Å². The lowest BCUT2D eigenvalue weighted by Gasteiger charge is -2.08. The van der Waals surface area contributed by atoms with Crippen LogP contribution in [0.15, 0.2) is 40.9 Å². The van der Waals surface area contributed by atoms with Crippen molar-refractivity contribution in [2.75, 3.05) is 11.1 Å². The van der Waals surface area contributed by atoms with Gasteiger partial charge in [-0.25, -0.2) is 0 Å². The van der Waals surface area contributed by atoms with Crippen molar-refractivity contribution in [3.8, 4) is 0 Å². The molecule has 0 spiro atoms. The van der Waals surface area contributed by atoms with Crippen LogP contribution in [0.4, 0.5) is 17.1 Å². The Hall–Kier alpha value is -2.12. The van der Waals surface area contributed by atoms with Crippen molar-refractivity contribution < 1.29 is 9.72 Å². The number of anilines is 2. The fourth-order valence-corrected chi connectivity index (χ4v) is 2.20. The molecule has 6 nitrogen and oxygen atoms in total. The van der Waals surface area contributed by atoms with Crippen LogP contribution in [0, 0.1) is 10.1 Å². The number of carbonyl (C=O) groups is 1. The van der Waals surface area contributed by atoms with Crippen molar-refractivity contribution in [2.45, 2.75) is 0 Å². The maximum atomic E-state index is 12.1. The highest BCUT2D eigenvalue weighted by Crippen LogP contribution is 2.28. The molecular formula is C13H9BrClN3O3. The molecule has 2 aromatic carbocycles. The van der Waals surface area contributed by atoms with Gasteiger partial charge in [0, 0.05) is 21.9 Å². The highest BCUT2D eigenvalue weighted by molar-refractivity contribution is 9.10. The molecule has 0 bridgehead atoms. The van der Waals surface area contributed by atoms with Crippen LogP contribution in [0.25, 0.3) is 0 Å². The minimum atomic E-state index is -0.620. The van der Waals surface area contributed by atoms with Crippen LogP contribution in [-0.4, -0.2) is 10.8 Å². The molecule has 0 atom stereocenters. The SMILES string of the molecule is Nc1ccc(Br)cc1C(=O)Nc1ccc(Cl)c([N+](=O)[O-])c1. The second-order valence-electron chi connectivity index (χ2n) is 4.11. The van der Waals surface area contributed by atoms with Gasteiger partial charge in [-0.2, -0.15) is 0 Å². The Morgan fingerprint density at radius 1 is 1.29 bits per heavy atom. The number of nitrogens with zero attached hydrogens (tertiary/aromatic N) is 1. The minimum absolute atomic E-state index is 0.0000292. The van der Waals surface area contributed by atoms with E-state index in [0.29, 0.717) is 10.2 Å². The lowest BCUT2D eigenvalue weighted by molar-refractivity contribution is -0.384. The summed E-state index contributed by atoms with van der Waals surface area (Å²) in [6.45, 7) is 0. The van der Waals surface area contributed by atoms with Gasteiger partial charge in [0.1, 0.15) is 5.02 Å². The zero-order chi connectivity index (χ0) is 15.6. The van der Waals surface area contributed by atoms with E-state index in [1.54, 1.807) is 18.2 Å². The lowest BCUT2D eigenvalue weighted by atomic mass is 10.1. The monoisotopic (exact) mass is 369 g/mol. The Bertz CT molecular complexity index is 737. The molecule has 21 heavy (non-hydrogen) atoms. The topological polar surface area (TPSA) is 98.3 Å². The normalized spacial score (nSPS) is 10.2. The van der Waals surface area contributed by atoms with E-state index in [0.717, 1.165) is 0 Å². The molecule has 1 amide bonds. The molecule has 0 saturated carbocycles. The van der Waals surface area contributed by atoms with E-state index in [1.807, 2.05) is 0 Å². The van der Waals surface area contributed by atoms with Crippen LogP contribution in [0.5, 0.6) is 0 Å². The summed E-state index contributed by atoms with van der Waals surface area (Å²) < 4.78 is 0.698. The molecular weight excluding hydrogens is 362 g/mol. The Morgan fingerprint density at radius 2 is 2.00 bits per heavy atom. The molecule has 0 aliphatic carbocycles. The van der Waals surface area contributed by atoms with Gasteiger partial charge in [0.05, 0.1) is 10.5 Å². The molecule has 0 unspecified atom stereocenters. The van der Waals surface area contributed by atoms with Gasteiger partial charge in [-0.05, 0) is 30.3 Å². The Morgan fingerprint density at radius 3 is 2.67 bits per heavy atom. The van der Waals surface area contributed by atoms with Gasteiger partial charge in [-0.1, -0.05) is 27.5 Å². The molecule has 3 N–H and O–H groups in total. The average Bonchev–Trinajstić information content (AvgIpc) is 2.43. The molecule has 2 rings (SSSR count). The molecule has 8 heteroatoms. The number of nitro benzene ring substituents is 1. The second-order valence-corrected chi connectivity index (χ2v) is 5.43. The van der Waals surface area contributed by atoms with Gasteiger partial charge in [0.2, 0.25) is 0 Å². The second kappa shape index (κ2) is 6.11. The van der Waals surface area contributed by atoms with Gasteiger partial charge in [-0.3, -0.25) is 14.9 Å². The van der Waals surface area contributed by atoms with E-state index in [-0.39, 0.29) is 22.0 Å². The largest absolute Gasteiger partial charge is 0.398 e. The van der Waals surface area contributed by atoms with Crippen molar-refractivity contribution in [1.82, 2.24) is 0 Å². The number of nitrogens with two attached hydrogens (primary N) is 1. The smallest absolute Gasteiger partial charge is 0.289 e. The lowest BCUT2D eigenvalue weighted by Crippen LogP contribution is -2.14. The number of amides is 1. The molecule has 0 aromatic heterocycles. The van der Waals surface area contributed by atoms with E-state index in [1.165, 1.54) is 18.2 Å². The molecule has 0 saturated heterocycles. The predicted molar refractivity (Wildman–Crippen MR) is 84.6 cm³/mol. The van der Waals surface area contributed by atoms with E-state index in [4.69, 9.17) is 17.3 Å². The number of hydrogen-bond acceptors (Lipinski definition) is 4. The first kappa shape index (κ1) is 15.3. The summed E-state index contributed by atoms with van der Waals surface area (Å²) in [5, 5.41) is 13.4. The Labute approximate surface area is 133 Å². The summed E-state index contributed by atoms with van der Waals surface area (Å²) in [7, 11) is 0. The van der Waals surface area contributed by atoms with Gasteiger partial charge in [-0.15, -0.1) is 0 Å². The highest BCUT2D eigenvalue weighted by Gasteiger charge is 2.15. The number of hydrogen-bond donors (Lipinski definition) is 2. The number of halogens is 2. The first-order valence-corrected chi connectivity index (χ1v) is 6.86. The fourth-order valence-electron chi connectivity index (χ4n) is 1.65. The van der Waals surface area contributed by atoms with Crippen molar-refractivity contribution >= 4 is 50.5 Å². The number of nitro groups is 1. The summed E-state index contributed by atoms with van der Waals surface area (Å²) in [5.41, 5.74) is 6.28. The summed E-state index contributed by atoms with van der Waals surface area (Å²) in [4.78, 5) is 22.3. The molecule has 108 valence electrons. The van der Waals surface area contributed by atoms with Crippen LogP contribution in [0.3, 0.4) is 0 Å². The zero-order valence-corrected chi connectivity index (χ0v) is 12.8. The zero-order valence-electron chi connectivity index (χ0n) is 10.5. The third-order valence-corrected chi connectivity index (χ3v) is 3.47. The van der Waals surface area contributed by atoms with Gasteiger partial charge in [0.25, 0.3) is 11.6 Å². The Kier molecular flexibility index (Phi) is 4.44. The van der Waals surface area contributed by atoms with Crippen LogP contribution < -0.4 is 11.1 Å². The van der Waals surface area contributed by atoms with Crippen molar-refractivity contribution in [2.24, 2.45) is 0 Å². The molecule has 0 aliphatic rings. The molecule has 0 aliphatic heterocycles. The molecule has 0 fully saturated rings. The maximum Gasteiger partial charge on any atom is 0.289 e. The number of rotatable bonds is 3. The van der Waals surface area contributed by atoms with Gasteiger partial charge >= 0.3 is 0 Å². The molecule has 0 radical (unpaired) electrons. The van der Waals surface area contributed by atoms with Crippen LogP contribution in [0.1, 0.15) is 10.4 Å². The first-order chi connectivity index (χ1) is 9.88. The number of carbonyl (C=O) groups excluding carboxylic acids is 1. The van der Waals surface area contributed by atoms with Gasteiger partial charge < -0.3 is 11.1 Å². The maximum absolute atomic E-state index is 12.1. The number of nitrogens with one attached hydrogen (secondary N) is 1. The summed E-state index contributed by atoms with van der Waals surface area (Å²) in [5.74, 6) is -0.467. The quantitative estimate of drug-likeness (QED) is 0.487. The van der Waals surface area contributed by atoms with E-state index >= 15 is 0 Å². The van der Waals surface area contributed by atoms with E-state index in [9.17, 15) is 14.9 Å². The number of nitrogen functional groups attached to an aromatic ring is 1. The predicted octanol–water partition coefficient (Wildman–Crippen LogP) is 3.85. The van der Waals surface area contributed by atoms with Crippen LogP contribution in [-0.2, 0) is 0 Å². The first-order valence-electron chi connectivity index (χ1n) is 5.69. The Balaban J connectivity index is 2.29. The van der Waals surface area contributed by atoms with Crippen molar-refractivity contribution in [1.29, 1.82) is 0 Å². The fraction of sp³-hybridized carbons (Fsp3) is 0.